The number of carbonyl (C=O) groups excluding carboxylic acids is 3. The molecule has 0 spiro atoms. The number of carbonyl (C=O) groups is 3. The summed E-state index contributed by atoms with van der Waals surface area (Å²) in [7, 11) is 0. The first-order valence-corrected chi connectivity index (χ1v) is 5.70. The molecule has 0 bridgehead atoms. The van der Waals surface area contributed by atoms with Crippen LogP contribution in [-0.4, -0.2) is 36.7 Å². The number of hydrogen-bond acceptors (Lipinski definition) is 6. The predicted octanol–water partition coefficient (Wildman–Crippen LogP) is 0.497. The first-order chi connectivity index (χ1) is 8.47. The van der Waals surface area contributed by atoms with Gasteiger partial charge in [-0.25, -0.2) is 4.79 Å². The number of ether oxygens (including phenoxy) is 3. The zero-order valence-corrected chi connectivity index (χ0v) is 10.2. The van der Waals surface area contributed by atoms with Crippen LogP contribution >= 0.6 is 0 Å². The number of hydrogen-bond donors (Lipinski definition) is 0. The summed E-state index contributed by atoms with van der Waals surface area (Å²) >= 11 is 0. The van der Waals surface area contributed by atoms with Crippen LogP contribution in [0.3, 0.4) is 0 Å². The fraction of sp³-hybridized carbons (Fsp3) is 0.583. The average molecular weight is 254 g/mol. The first kappa shape index (κ1) is 12.6. The minimum Gasteiger partial charge on any atom is -0.458 e. The maximum atomic E-state index is 11.4. The van der Waals surface area contributed by atoms with Crippen LogP contribution in [0.2, 0.25) is 0 Å². The fourth-order valence-electron chi connectivity index (χ4n) is 2.25. The van der Waals surface area contributed by atoms with Crippen molar-refractivity contribution in [3.8, 4) is 0 Å². The molecule has 0 saturated carbocycles. The molecule has 1 aliphatic carbocycles. The molecule has 0 amide bonds. The van der Waals surface area contributed by atoms with Gasteiger partial charge in [0.1, 0.15) is 18.8 Å². The molecule has 0 saturated heterocycles. The molecule has 6 heteroatoms. The van der Waals surface area contributed by atoms with Crippen LogP contribution in [-0.2, 0) is 28.6 Å². The Balaban J connectivity index is 2.17. The highest BCUT2D eigenvalue weighted by Gasteiger charge is 2.40. The highest BCUT2D eigenvalue weighted by Crippen LogP contribution is 2.33. The van der Waals surface area contributed by atoms with Crippen molar-refractivity contribution in [1.29, 1.82) is 0 Å². The molecule has 0 N–H and O–H groups in total. The van der Waals surface area contributed by atoms with Crippen LogP contribution in [0, 0.1) is 0 Å². The zero-order chi connectivity index (χ0) is 13.3. The molecule has 2 atom stereocenters. The second-order valence-corrected chi connectivity index (χ2v) is 4.36. The van der Waals surface area contributed by atoms with Crippen LogP contribution in [0.5, 0.6) is 0 Å². The summed E-state index contributed by atoms with van der Waals surface area (Å²) in [5.41, 5.74) is 1.37. The lowest BCUT2D eigenvalue weighted by Gasteiger charge is -2.29. The van der Waals surface area contributed by atoms with Gasteiger partial charge >= 0.3 is 17.9 Å². The van der Waals surface area contributed by atoms with Gasteiger partial charge < -0.3 is 14.2 Å². The van der Waals surface area contributed by atoms with E-state index in [9.17, 15) is 14.4 Å². The van der Waals surface area contributed by atoms with Crippen molar-refractivity contribution >= 4 is 17.9 Å². The van der Waals surface area contributed by atoms with Gasteiger partial charge in [0.05, 0.1) is 0 Å². The Labute approximate surface area is 104 Å². The van der Waals surface area contributed by atoms with E-state index < -0.39 is 24.1 Å². The van der Waals surface area contributed by atoms with Gasteiger partial charge in [-0.1, -0.05) is 0 Å². The van der Waals surface area contributed by atoms with Crippen LogP contribution in [0.25, 0.3) is 0 Å². The molecule has 0 aromatic rings. The molecule has 1 aliphatic heterocycles. The van der Waals surface area contributed by atoms with Gasteiger partial charge in [0.2, 0.25) is 0 Å². The van der Waals surface area contributed by atoms with Gasteiger partial charge in [-0.15, -0.1) is 0 Å². The normalized spacial score (nSPS) is 26.4. The van der Waals surface area contributed by atoms with Gasteiger partial charge in [-0.05, 0) is 5.57 Å². The van der Waals surface area contributed by atoms with Gasteiger partial charge in [0.25, 0.3) is 0 Å². The molecule has 2 rings (SSSR count). The van der Waals surface area contributed by atoms with Crippen LogP contribution in [0.1, 0.15) is 26.7 Å². The molecular formula is C12H14O6. The Bertz CT molecular complexity index is 436. The van der Waals surface area contributed by atoms with E-state index in [1.807, 2.05) is 0 Å². The summed E-state index contributed by atoms with van der Waals surface area (Å²) in [6.45, 7) is 2.81. The van der Waals surface area contributed by atoms with E-state index in [0.29, 0.717) is 12.0 Å². The molecular weight excluding hydrogens is 240 g/mol. The molecule has 0 aromatic heterocycles. The third-order valence-corrected chi connectivity index (χ3v) is 2.95. The molecule has 0 radical (unpaired) electrons. The van der Waals surface area contributed by atoms with Crippen molar-refractivity contribution < 1.29 is 28.6 Å². The Morgan fingerprint density at radius 3 is 2.22 bits per heavy atom. The lowest BCUT2D eigenvalue weighted by molar-refractivity contribution is -0.166. The van der Waals surface area contributed by atoms with E-state index in [1.165, 1.54) is 13.8 Å². The lowest BCUT2D eigenvalue weighted by Crippen LogP contribution is -2.38. The number of rotatable bonds is 2. The van der Waals surface area contributed by atoms with E-state index in [0.717, 1.165) is 5.57 Å². The number of cyclic esters (lactones) is 1. The molecule has 1 heterocycles. The Kier molecular flexibility index (Phi) is 3.36. The van der Waals surface area contributed by atoms with Gasteiger partial charge in [0.15, 0.2) is 0 Å². The van der Waals surface area contributed by atoms with E-state index in [1.54, 1.807) is 0 Å². The van der Waals surface area contributed by atoms with Crippen LogP contribution in [0.4, 0.5) is 0 Å². The Morgan fingerprint density at radius 2 is 1.67 bits per heavy atom. The Hall–Kier alpha value is -1.85. The molecule has 98 valence electrons. The zero-order valence-electron chi connectivity index (χ0n) is 10.2. The predicted molar refractivity (Wildman–Crippen MR) is 58.3 cm³/mol. The monoisotopic (exact) mass is 254 g/mol. The smallest absolute Gasteiger partial charge is 0.334 e. The van der Waals surface area contributed by atoms with Crippen molar-refractivity contribution in [3.63, 3.8) is 0 Å². The molecule has 2 aliphatic rings. The first-order valence-electron chi connectivity index (χ1n) is 5.70. The summed E-state index contributed by atoms with van der Waals surface area (Å²) in [6, 6.07) is 0. The lowest BCUT2D eigenvalue weighted by atomic mass is 9.89. The summed E-state index contributed by atoms with van der Waals surface area (Å²) in [5.74, 6) is -1.28. The standard InChI is InChI=1S/C12H14O6/c1-6(13)17-10-3-8-5-16-12(15)9(8)4-11(10)18-7(2)14/h10-11H,3-5H2,1-2H3/t10-,11+/m1/s1. The SMILES string of the molecule is CC(=O)O[C@H]1CC2=C(COC2=O)C[C@H]1OC(C)=O. The largest absolute Gasteiger partial charge is 0.458 e. The minimum absolute atomic E-state index is 0.235. The van der Waals surface area contributed by atoms with Crippen LogP contribution < -0.4 is 0 Å². The highest BCUT2D eigenvalue weighted by atomic mass is 16.6. The van der Waals surface area contributed by atoms with Crippen molar-refractivity contribution in [1.82, 2.24) is 0 Å². The minimum atomic E-state index is -0.615. The van der Waals surface area contributed by atoms with Gasteiger partial charge in [-0.3, -0.25) is 9.59 Å². The third-order valence-electron chi connectivity index (χ3n) is 2.95. The summed E-state index contributed by atoms with van der Waals surface area (Å²) in [4.78, 5) is 33.5. The van der Waals surface area contributed by atoms with Crippen molar-refractivity contribution in [3.05, 3.63) is 11.1 Å². The summed E-state index contributed by atoms with van der Waals surface area (Å²) < 4.78 is 15.1. The van der Waals surface area contributed by atoms with Gasteiger partial charge in [0, 0.05) is 32.3 Å². The second kappa shape index (κ2) is 4.80. The molecule has 0 unspecified atom stereocenters. The van der Waals surface area contributed by atoms with E-state index in [4.69, 9.17) is 14.2 Å². The summed E-state index contributed by atoms with van der Waals surface area (Å²) in [5, 5.41) is 0. The quantitative estimate of drug-likeness (QED) is 0.527. The molecule has 0 aromatic carbocycles. The molecule has 18 heavy (non-hydrogen) atoms. The Morgan fingerprint density at radius 1 is 1.11 bits per heavy atom. The van der Waals surface area contributed by atoms with E-state index in [-0.39, 0.29) is 19.0 Å². The van der Waals surface area contributed by atoms with Crippen LogP contribution in [0.15, 0.2) is 11.1 Å². The fourth-order valence-corrected chi connectivity index (χ4v) is 2.25. The number of esters is 3. The summed E-state index contributed by atoms with van der Waals surface area (Å²) in [6.07, 6.45) is -0.542. The highest BCUT2D eigenvalue weighted by molar-refractivity contribution is 5.92. The topological polar surface area (TPSA) is 78.9 Å². The van der Waals surface area contributed by atoms with E-state index >= 15 is 0 Å². The average Bonchev–Trinajstić information content (AvgIpc) is 2.59. The van der Waals surface area contributed by atoms with Gasteiger partial charge in [-0.2, -0.15) is 0 Å². The second-order valence-electron chi connectivity index (χ2n) is 4.36. The van der Waals surface area contributed by atoms with E-state index in [2.05, 4.69) is 0 Å². The van der Waals surface area contributed by atoms with Crippen molar-refractivity contribution in [2.24, 2.45) is 0 Å². The molecule has 0 fully saturated rings. The third kappa shape index (κ3) is 2.52. The maximum absolute atomic E-state index is 11.4. The molecule has 6 nitrogen and oxygen atoms in total. The maximum Gasteiger partial charge on any atom is 0.334 e. The van der Waals surface area contributed by atoms with Crippen molar-refractivity contribution in [2.45, 2.75) is 38.9 Å². The van der Waals surface area contributed by atoms with Crippen molar-refractivity contribution in [2.75, 3.05) is 6.61 Å².